The molecule has 0 amide bonds. The van der Waals surface area contributed by atoms with Crippen LogP contribution in [-0.2, 0) is 0 Å². The van der Waals surface area contributed by atoms with Crippen LogP contribution in [0.4, 0.5) is 18.9 Å². The van der Waals surface area contributed by atoms with Gasteiger partial charge in [0, 0.05) is 11.3 Å². The number of halogens is 4. The molecule has 1 aliphatic heterocycles. The maximum absolute atomic E-state index is 13.4. The van der Waals surface area contributed by atoms with Gasteiger partial charge in [-0.15, -0.1) is 11.8 Å². The van der Waals surface area contributed by atoms with E-state index in [9.17, 15) is 13.2 Å². The molecule has 23 heavy (non-hydrogen) atoms. The van der Waals surface area contributed by atoms with E-state index in [-0.39, 0.29) is 16.1 Å². The molecule has 1 atom stereocenters. The lowest BCUT2D eigenvalue weighted by Crippen LogP contribution is -2.29. The topological polar surface area (TPSA) is 3.24 Å². The van der Waals surface area contributed by atoms with Crippen molar-refractivity contribution in [3.8, 4) is 11.1 Å². The summed E-state index contributed by atoms with van der Waals surface area (Å²) < 4.78 is 40.0. The lowest BCUT2D eigenvalue weighted by atomic mass is 10.0. The maximum Gasteiger partial charge on any atom is 0.278 e. The Morgan fingerprint density at radius 1 is 1.17 bits per heavy atom. The van der Waals surface area contributed by atoms with Crippen LogP contribution in [0.5, 0.6) is 0 Å². The molecule has 120 valence electrons. The summed E-state index contributed by atoms with van der Waals surface area (Å²) in [5.41, 5.74) is 2.04. The Balaban J connectivity index is 2.11. The summed E-state index contributed by atoms with van der Waals surface area (Å²) in [7, 11) is 0. The molecule has 2 aromatic rings. The van der Waals surface area contributed by atoms with Crippen LogP contribution in [0.15, 0.2) is 53.6 Å². The summed E-state index contributed by atoms with van der Waals surface area (Å²) >= 11 is 7.20. The van der Waals surface area contributed by atoms with Gasteiger partial charge in [-0.1, -0.05) is 35.9 Å². The van der Waals surface area contributed by atoms with Crippen LogP contribution >= 0.6 is 23.4 Å². The Labute approximate surface area is 141 Å². The van der Waals surface area contributed by atoms with Gasteiger partial charge in [-0.05, 0) is 36.1 Å². The van der Waals surface area contributed by atoms with Crippen LogP contribution in [-0.4, -0.2) is 11.8 Å². The maximum atomic E-state index is 13.4. The van der Waals surface area contributed by atoms with Crippen molar-refractivity contribution >= 4 is 29.1 Å². The highest BCUT2D eigenvalue weighted by atomic mass is 35.5. The fourth-order valence-electron chi connectivity index (χ4n) is 2.58. The number of nitrogens with zero attached hydrogens (tertiary/aromatic N) is 1. The minimum Gasteiger partial charge on any atom is -0.327 e. The smallest absolute Gasteiger partial charge is 0.278 e. The molecule has 0 spiro atoms. The fourth-order valence-corrected chi connectivity index (χ4v) is 3.67. The molecule has 0 radical (unpaired) electrons. The highest BCUT2D eigenvalue weighted by molar-refractivity contribution is 8.03. The summed E-state index contributed by atoms with van der Waals surface area (Å²) in [6.45, 7) is 1.87. The molecular weight excluding hydrogens is 343 g/mol. The first-order valence-corrected chi connectivity index (χ1v) is 8.28. The molecule has 3 rings (SSSR count). The molecule has 6 heteroatoms. The zero-order chi connectivity index (χ0) is 16.6. The van der Waals surface area contributed by atoms with E-state index in [2.05, 4.69) is 0 Å². The second-order valence-corrected chi connectivity index (χ2v) is 6.69. The number of alkyl halides is 2. The molecule has 1 nitrogen and oxygen atoms in total. The van der Waals surface area contributed by atoms with Gasteiger partial charge in [0.1, 0.15) is 5.82 Å². The molecule has 0 fully saturated rings. The first kappa shape index (κ1) is 16.3. The van der Waals surface area contributed by atoms with E-state index in [4.69, 9.17) is 11.6 Å². The van der Waals surface area contributed by atoms with Crippen molar-refractivity contribution in [2.45, 2.75) is 18.7 Å². The molecule has 0 aliphatic carbocycles. The third-order valence-corrected chi connectivity index (χ3v) is 4.92. The van der Waals surface area contributed by atoms with Crippen LogP contribution in [0, 0.1) is 5.82 Å². The van der Waals surface area contributed by atoms with Crippen LogP contribution < -0.4 is 4.90 Å². The van der Waals surface area contributed by atoms with Crippen LogP contribution in [0.3, 0.4) is 0 Å². The molecule has 1 unspecified atom stereocenters. The number of anilines is 1. The highest BCUT2D eigenvalue weighted by Crippen LogP contribution is 2.42. The number of para-hydroxylation sites is 1. The van der Waals surface area contributed by atoms with Crippen molar-refractivity contribution in [2.75, 3.05) is 4.90 Å². The average Bonchev–Trinajstić information content (AvgIpc) is 2.92. The number of hydrogen-bond donors (Lipinski definition) is 0. The Morgan fingerprint density at radius 2 is 1.91 bits per heavy atom. The zero-order valence-electron chi connectivity index (χ0n) is 12.1. The Morgan fingerprint density at radius 3 is 2.61 bits per heavy atom. The van der Waals surface area contributed by atoms with Crippen molar-refractivity contribution < 1.29 is 13.2 Å². The molecule has 1 aliphatic rings. The van der Waals surface area contributed by atoms with Gasteiger partial charge in [0.15, 0.2) is 0 Å². The predicted molar refractivity (Wildman–Crippen MR) is 90.5 cm³/mol. The van der Waals surface area contributed by atoms with Gasteiger partial charge in [-0.25, -0.2) is 13.2 Å². The largest absolute Gasteiger partial charge is 0.327 e. The lowest BCUT2D eigenvalue weighted by molar-refractivity contribution is 0.186. The minimum absolute atomic E-state index is 0.00535. The van der Waals surface area contributed by atoms with E-state index < -0.39 is 12.2 Å². The van der Waals surface area contributed by atoms with Crippen molar-refractivity contribution in [3.05, 3.63) is 64.4 Å². The molecule has 0 saturated carbocycles. The van der Waals surface area contributed by atoms with Gasteiger partial charge >= 0.3 is 0 Å². The van der Waals surface area contributed by atoms with E-state index in [0.29, 0.717) is 11.3 Å². The van der Waals surface area contributed by atoms with Gasteiger partial charge < -0.3 is 4.90 Å². The van der Waals surface area contributed by atoms with Crippen molar-refractivity contribution in [1.29, 1.82) is 0 Å². The molecule has 0 bridgehead atoms. The quantitative estimate of drug-likeness (QED) is 0.649. The Bertz CT molecular complexity index is 763. The highest BCUT2D eigenvalue weighted by Gasteiger charge is 2.31. The summed E-state index contributed by atoms with van der Waals surface area (Å²) in [6.07, 6.45) is -2.56. The van der Waals surface area contributed by atoms with Gasteiger partial charge in [-0.3, -0.25) is 0 Å². The van der Waals surface area contributed by atoms with E-state index >= 15 is 0 Å². The monoisotopic (exact) mass is 355 g/mol. The van der Waals surface area contributed by atoms with Crippen molar-refractivity contribution in [1.82, 2.24) is 0 Å². The van der Waals surface area contributed by atoms with E-state index in [1.54, 1.807) is 23.1 Å². The lowest BCUT2D eigenvalue weighted by Gasteiger charge is -2.28. The van der Waals surface area contributed by atoms with E-state index in [0.717, 1.165) is 5.56 Å². The first-order valence-electron chi connectivity index (χ1n) is 6.96. The van der Waals surface area contributed by atoms with Gasteiger partial charge in [0.2, 0.25) is 0 Å². The minimum atomic E-state index is -2.56. The second kappa shape index (κ2) is 6.49. The molecule has 1 heterocycles. The standard InChI is InChI=1S/C17H13ClF3NS/c1-10-22(16(9-23-10)17(20)21)15-5-3-2-4-12(15)11-6-7-14(19)13(18)8-11/h2-10,17H,1H3. The van der Waals surface area contributed by atoms with Crippen LogP contribution in [0.2, 0.25) is 5.02 Å². The normalized spacial score (nSPS) is 17.7. The fraction of sp³-hybridized carbons (Fsp3) is 0.176. The van der Waals surface area contributed by atoms with E-state index in [1.165, 1.54) is 29.3 Å². The summed E-state index contributed by atoms with van der Waals surface area (Å²) in [6, 6.07) is 11.6. The third kappa shape index (κ3) is 3.08. The number of rotatable bonds is 3. The van der Waals surface area contributed by atoms with Gasteiger partial charge in [0.05, 0.1) is 16.1 Å². The Kier molecular flexibility index (Phi) is 4.60. The summed E-state index contributed by atoms with van der Waals surface area (Å²) in [5, 5.41) is 1.35. The third-order valence-electron chi connectivity index (χ3n) is 3.65. The predicted octanol–water partition coefficient (Wildman–Crippen LogP) is 6.15. The van der Waals surface area contributed by atoms with Crippen LogP contribution in [0.25, 0.3) is 11.1 Å². The van der Waals surface area contributed by atoms with Crippen molar-refractivity contribution in [3.63, 3.8) is 0 Å². The van der Waals surface area contributed by atoms with Crippen molar-refractivity contribution in [2.24, 2.45) is 0 Å². The zero-order valence-corrected chi connectivity index (χ0v) is 13.7. The SMILES string of the molecule is CC1SC=C(C(F)F)N1c1ccccc1-c1ccc(F)c(Cl)c1. The molecule has 0 aromatic heterocycles. The first-order chi connectivity index (χ1) is 11.0. The van der Waals surface area contributed by atoms with Crippen LogP contribution in [0.1, 0.15) is 6.92 Å². The average molecular weight is 356 g/mol. The molecule has 0 saturated heterocycles. The number of benzene rings is 2. The second-order valence-electron chi connectivity index (χ2n) is 5.09. The van der Waals surface area contributed by atoms with Gasteiger partial charge in [0.25, 0.3) is 6.43 Å². The van der Waals surface area contributed by atoms with Gasteiger partial charge in [-0.2, -0.15) is 0 Å². The number of thioether (sulfide) groups is 1. The summed E-state index contributed by atoms with van der Waals surface area (Å²) in [4.78, 5) is 1.61. The summed E-state index contributed by atoms with van der Waals surface area (Å²) in [5.74, 6) is -0.508. The number of hydrogen-bond acceptors (Lipinski definition) is 2. The molecule has 0 N–H and O–H groups in total. The molecular formula is C17H13ClF3NS. The Hall–Kier alpha value is -1.59. The number of allylic oxidation sites excluding steroid dienone is 1. The molecule has 2 aromatic carbocycles. The van der Waals surface area contributed by atoms with E-state index in [1.807, 2.05) is 19.1 Å².